The van der Waals surface area contributed by atoms with Crippen molar-refractivity contribution in [3.8, 4) is 22.3 Å². The van der Waals surface area contributed by atoms with Gasteiger partial charge in [0.2, 0.25) is 0 Å². The molecular weight excluding hydrogens is 893 g/mol. The van der Waals surface area contributed by atoms with Crippen LogP contribution in [-0.2, 0) is 10.8 Å². The van der Waals surface area contributed by atoms with Gasteiger partial charge in [-0.05, 0) is 149 Å². The van der Waals surface area contributed by atoms with Gasteiger partial charge in [-0.3, -0.25) is 0 Å². The van der Waals surface area contributed by atoms with E-state index in [4.69, 9.17) is 0 Å². The van der Waals surface area contributed by atoms with Gasteiger partial charge in [-0.2, -0.15) is 0 Å². The predicted molar refractivity (Wildman–Crippen MR) is 316 cm³/mol. The zero-order valence-corrected chi connectivity index (χ0v) is 42.1. The van der Waals surface area contributed by atoms with Crippen molar-refractivity contribution in [1.29, 1.82) is 0 Å². The van der Waals surface area contributed by atoms with Crippen LogP contribution < -0.4 is 9.80 Å². The highest BCUT2D eigenvalue weighted by Crippen LogP contribution is 2.54. The maximum atomic E-state index is 2.45. The predicted octanol–water partition coefficient (Wildman–Crippen LogP) is 20.0. The quantitative estimate of drug-likeness (QED) is 0.111. The van der Waals surface area contributed by atoms with Crippen molar-refractivity contribution in [3.05, 3.63) is 276 Å². The van der Waals surface area contributed by atoms with Crippen LogP contribution in [0.3, 0.4) is 0 Å². The summed E-state index contributed by atoms with van der Waals surface area (Å²) >= 11 is 0. The van der Waals surface area contributed by atoms with Gasteiger partial charge in [0.1, 0.15) is 0 Å². The number of hydrogen-bond acceptors (Lipinski definition) is 2. The van der Waals surface area contributed by atoms with E-state index in [9.17, 15) is 0 Å². The van der Waals surface area contributed by atoms with Crippen LogP contribution in [-0.4, -0.2) is 0 Å². The molecule has 0 aliphatic heterocycles. The van der Waals surface area contributed by atoms with Crippen molar-refractivity contribution in [3.63, 3.8) is 0 Å². The fourth-order valence-electron chi connectivity index (χ4n) is 12.6. The Morgan fingerprint density at radius 3 is 1.00 bits per heavy atom. The molecule has 0 spiro atoms. The highest BCUT2D eigenvalue weighted by atomic mass is 15.1. The van der Waals surface area contributed by atoms with Crippen molar-refractivity contribution >= 4 is 89.4 Å². The first-order valence-corrected chi connectivity index (χ1v) is 26.0. The summed E-state index contributed by atoms with van der Waals surface area (Å²) in [6.07, 6.45) is 4.60. The van der Waals surface area contributed by atoms with Crippen LogP contribution in [0.4, 0.5) is 34.1 Å². The standard InChI is InChI=1S/C72H54N2/c1-71(2)65-41-47(33-37-59(65)61-39-35-53(45-67(61)71)73(51-21-7-5-8-22-51)69-43-49-19-11-13-25-55(49)57-27-15-17-29-63(57)69)31-32-48-34-38-60-62-40-36-54(46-68(62)72(3,4)66(60)42-48)74(52-23-9-6-10-24-52)70-44-50-20-12-14-26-56(50)58-28-16-18-30-64(58)70/h5-46H,1-4H3/b32-31+. The third-order valence-corrected chi connectivity index (χ3v) is 16.4. The molecule has 12 aromatic rings. The van der Waals surface area contributed by atoms with Gasteiger partial charge in [-0.1, -0.05) is 222 Å². The first kappa shape index (κ1) is 43.8. The van der Waals surface area contributed by atoms with Gasteiger partial charge in [0.15, 0.2) is 0 Å². The molecule has 0 amide bonds. The molecule has 14 rings (SSSR count). The zero-order valence-electron chi connectivity index (χ0n) is 42.1. The number of anilines is 6. The summed E-state index contributed by atoms with van der Waals surface area (Å²) in [6.45, 7) is 9.56. The van der Waals surface area contributed by atoms with Crippen LogP contribution >= 0.6 is 0 Å². The minimum absolute atomic E-state index is 0.210. The van der Waals surface area contributed by atoms with E-state index in [2.05, 4.69) is 292 Å². The fourth-order valence-corrected chi connectivity index (χ4v) is 12.6. The highest BCUT2D eigenvalue weighted by molar-refractivity contribution is 6.16. The van der Waals surface area contributed by atoms with Crippen LogP contribution in [0.25, 0.3) is 77.5 Å². The van der Waals surface area contributed by atoms with Crippen molar-refractivity contribution in [2.24, 2.45) is 0 Å². The van der Waals surface area contributed by atoms with Crippen LogP contribution in [0.5, 0.6) is 0 Å². The molecule has 2 aliphatic carbocycles. The summed E-state index contributed by atoms with van der Waals surface area (Å²) in [5, 5.41) is 10.00. The smallest absolute Gasteiger partial charge is 0.0546 e. The summed E-state index contributed by atoms with van der Waals surface area (Å²) in [5.41, 5.74) is 19.6. The molecule has 0 heterocycles. The third kappa shape index (κ3) is 6.86. The van der Waals surface area contributed by atoms with E-state index in [0.717, 1.165) is 22.7 Å². The zero-order chi connectivity index (χ0) is 49.7. The second-order valence-electron chi connectivity index (χ2n) is 21.3. The third-order valence-electron chi connectivity index (χ3n) is 16.4. The van der Waals surface area contributed by atoms with E-state index in [1.807, 2.05) is 0 Å². The number of nitrogens with zero attached hydrogens (tertiary/aromatic N) is 2. The Hall–Kier alpha value is -8.98. The number of hydrogen-bond donors (Lipinski definition) is 0. The lowest BCUT2D eigenvalue weighted by Crippen LogP contribution is -2.17. The topological polar surface area (TPSA) is 6.48 Å². The second kappa shape index (κ2) is 16.8. The van der Waals surface area contributed by atoms with Crippen LogP contribution in [0.2, 0.25) is 0 Å². The maximum absolute atomic E-state index is 2.45. The van der Waals surface area contributed by atoms with E-state index in [-0.39, 0.29) is 10.8 Å². The summed E-state index contributed by atoms with van der Waals surface area (Å²) in [4.78, 5) is 4.90. The van der Waals surface area contributed by atoms with Crippen molar-refractivity contribution in [1.82, 2.24) is 0 Å². The van der Waals surface area contributed by atoms with Gasteiger partial charge in [-0.25, -0.2) is 0 Å². The lowest BCUT2D eigenvalue weighted by Gasteiger charge is -2.29. The highest BCUT2D eigenvalue weighted by Gasteiger charge is 2.38. The number of para-hydroxylation sites is 2. The normalized spacial score (nSPS) is 13.8. The van der Waals surface area contributed by atoms with Gasteiger partial charge in [0, 0.05) is 44.4 Å². The minimum atomic E-state index is -0.210. The number of fused-ring (bicyclic) bond motifs is 12. The summed E-state index contributed by atoms with van der Waals surface area (Å²) in [5.74, 6) is 0. The Kier molecular flexibility index (Phi) is 9.94. The molecule has 2 heteroatoms. The molecule has 0 radical (unpaired) electrons. The molecule has 74 heavy (non-hydrogen) atoms. The van der Waals surface area contributed by atoms with Crippen LogP contribution in [0, 0.1) is 0 Å². The molecule has 2 nitrogen and oxygen atoms in total. The average Bonchev–Trinajstić information content (AvgIpc) is 3.84. The van der Waals surface area contributed by atoms with Gasteiger partial charge in [0.05, 0.1) is 11.4 Å². The SMILES string of the molecule is CC1(C)c2cc(/C=C/c3ccc4c(c3)C(C)(C)c3cc(N(c5ccccc5)c5cc6ccccc6c6ccccc56)ccc3-4)ccc2-c2ccc(N(c3ccccc3)c3cc4ccccc4c4ccccc34)cc21. The van der Waals surface area contributed by atoms with Gasteiger partial charge in [-0.15, -0.1) is 0 Å². The number of rotatable bonds is 8. The molecular formula is C72H54N2. The monoisotopic (exact) mass is 946 g/mol. The molecule has 0 saturated carbocycles. The van der Waals surface area contributed by atoms with E-state index >= 15 is 0 Å². The van der Waals surface area contributed by atoms with Gasteiger partial charge >= 0.3 is 0 Å². The molecule has 0 N–H and O–H groups in total. The summed E-state index contributed by atoms with van der Waals surface area (Å²) < 4.78 is 0. The molecule has 12 aromatic carbocycles. The molecule has 0 atom stereocenters. The lowest BCUT2D eigenvalue weighted by molar-refractivity contribution is 0.660. The molecule has 0 bridgehead atoms. The first-order chi connectivity index (χ1) is 36.2. The Balaban J connectivity index is 0.786. The molecule has 0 aromatic heterocycles. The average molecular weight is 947 g/mol. The lowest BCUT2D eigenvalue weighted by atomic mass is 9.81. The Morgan fingerprint density at radius 1 is 0.270 bits per heavy atom. The Morgan fingerprint density at radius 2 is 0.595 bits per heavy atom. The summed E-state index contributed by atoms with van der Waals surface area (Å²) in [7, 11) is 0. The minimum Gasteiger partial charge on any atom is -0.310 e. The largest absolute Gasteiger partial charge is 0.310 e. The Bertz CT molecular complexity index is 3980. The van der Waals surface area contributed by atoms with E-state index in [1.165, 1.54) is 110 Å². The molecule has 352 valence electrons. The fraction of sp³-hybridized carbons (Fsp3) is 0.0833. The van der Waals surface area contributed by atoms with E-state index < -0.39 is 0 Å². The second-order valence-corrected chi connectivity index (χ2v) is 21.3. The maximum Gasteiger partial charge on any atom is 0.0546 e. The Labute approximate surface area is 433 Å². The van der Waals surface area contributed by atoms with Crippen LogP contribution in [0.1, 0.15) is 61.1 Å². The molecule has 0 unspecified atom stereocenters. The summed E-state index contributed by atoms with van der Waals surface area (Å²) in [6, 6.07) is 89.9. The molecule has 2 aliphatic rings. The first-order valence-electron chi connectivity index (χ1n) is 26.0. The van der Waals surface area contributed by atoms with Crippen molar-refractivity contribution in [2.75, 3.05) is 9.80 Å². The van der Waals surface area contributed by atoms with E-state index in [1.54, 1.807) is 0 Å². The van der Waals surface area contributed by atoms with E-state index in [0.29, 0.717) is 0 Å². The number of benzene rings is 12. The van der Waals surface area contributed by atoms with Gasteiger partial charge in [0.25, 0.3) is 0 Å². The molecule has 0 fully saturated rings. The van der Waals surface area contributed by atoms with Crippen molar-refractivity contribution < 1.29 is 0 Å². The van der Waals surface area contributed by atoms with Crippen molar-refractivity contribution in [2.45, 2.75) is 38.5 Å². The molecule has 0 saturated heterocycles. The van der Waals surface area contributed by atoms with Crippen LogP contribution in [0.15, 0.2) is 243 Å². The van der Waals surface area contributed by atoms with Gasteiger partial charge < -0.3 is 9.80 Å².